The Kier molecular flexibility index (Phi) is 4.69. The largest absolute Gasteiger partial charge is 0.388 e. The molecule has 0 radical (unpaired) electrons. The molecule has 1 aromatic rings. The number of hydrogen-bond acceptors (Lipinski definition) is 5. The van der Waals surface area contributed by atoms with E-state index in [0.29, 0.717) is 24.8 Å². The lowest BCUT2D eigenvalue weighted by Crippen LogP contribution is -2.34. The molecule has 0 aliphatic heterocycles. The molecule has 2 rings (SSSR count). The van der Waals surface area contributed by atoms with Gasteiger partial charge in [-0.15, -0.1) is 0 Å². The van der Waals surface area contributed by atoms with Crippen molar-refractivity contribution >= 4 is 27.2 Å². The van der Waals surface area contributed by atoms with Crippen LogP contribution in [0.1, 0.15) is 18.5 Å². The number of nitrogens with zero attached hydrogens (tertiary/aromatic N) is 2. The fourth-order valence-corrected chi connectivity index (χ4v) is 2.91. The highest BCUT2D eigenvalue weighted by Gasteiger charge is 2.25. The standard InChI is InChI=1S/C12H18N4O2S2/c1-16(9-2-3-9)7-6-15-20(17,18)10-4-5-11(12(13)19)14-8-10/h4-5,8-9,15H,2-3,6-7H2,1H3,(H2,13,19). The summed E-state index contributed by atoms with van der Waals surface area (Å²) in [6.07, 6.45) is 3.67. The van der Waals surface area contributed by atoms with E-state index in [9.17, 15) is 8.42 Å². The molecular formula is C12H18N4O2S2. The van der Waals surface area contributed by atoms with Crippen LogP contribution in [0.5, 0.6) is 0 Å². The maximum atomic E-state index is 12.0. The van der Waals surface area contributed by atoms with Gasteiger partial charge in [0.15, 0.2) is 0 Å². The molecule has 0 aromatic carbocycles. The number of likely N-dealkylation sites (N-methyl/N-ethyl adjacent to an activating group) is 1. The highest BCUT2D eigenvalue weighted by Crippen LogP contribution is 2.24. The second-order valence-corrected chi connectivity index (χ2v) is 7.06. The van der Waals surface area contributed by atoms with Gasteiger partial charge >= 0.3 is 0 Å². The van der Waals surface area contributed by atoms with Crippen molar-refractivity contribution in [3.05, 3.63) is 24.0 Å². The maximum Gasteiger partial charge on any atom is 0.242 e. The van der Waals surface area contributed by atoms with Crippen LogP contribution in [0, 0.1) is 0 Å². The fraction of sp³-hybridized carbons (Fsp3) is 0.500. The average Bonchev–Trinajstić information content (AvgIpc) is 3.22. The molecule has 1 aromatic heterocycles. The molecule has 0 saturated heterocycles. The van der Waals surface area contributed by atoms with Crippen molar-refractivity contribution in [3.8, 4) is 0 Å². The van der Waals surface area contributed by atoms with Gasteiger partial charge in [0, 0.05) is 25.3 Å². The fourth-order valence-electron chi connectivity index (χ4n) is 1.82. The molecule has 1 aliphatic rings. The quantitative estimate of drug-likeness (QED) is 0.694. The summed E-state index contributed by atoms with van der Waals surface area (Å²) >= 11 is 4.77. The maximum absolute atomic E-state index is 12.0. The first-order valence-electron chi connectivity index (χ1n) is 6.36. The smallest absolute Gasteiger partial charge is 0.242 e. The van der Waals surface area contributed by atoms with Crippen LogP contribution >= 0.6 is 12.2 Å². The zero-order valence-corrected chi connectivity index (χ0v) is 12.9. The van der Waals surface area contributed by atoms with Crippen molar-refractivity contribution in [2.24, 2.45) is 5.73 Å². The highest BCUT2D eigenvalue weighted by molar-refractivity contribution is 7.89. The van der Waals surface area contributed by atoms with Gasteiger partial charge in [0.05, 0.1) is 5.69 Å². The molecule has 20 heavy (non-hydrogen) atoms. The monoisotopic (exact) mass is 314 g/mol. The topological polar surface area (TPSA) is 88.3 Å². The van der Waals surface area contributed by atoms with Crippen molar-refractivity contribution < 1.29 is 8.42 Å². The van der Waals surface area contributed by atoms with Crippen molar-refractivity contribution in [2.75, 3.05) is 20.1 Å². The van der Waals surface area contributed by atoms with Gasteiger partial charge in [0.1, 0.15) is 9.88 Å². The van der Waals surface area contributed by atoms with E-state index in [4.69, 9.17) is 18.0 Å². The van der Waals surface area contributed by atoms with E-state index in [1.54, 1.807) is 0 Å². The third-order valence-corrected chi connectivity index (χ3v) is 4.88. The van der Waals surface area contributed by atoms with Crippen LogP contribution in [-0.4, -0.2) is 49.5 Å². The molecule has 8 heteroatoms. The number of aromatic nitrogens is 1. The summed E-state index contributed by atoms with van der Waals surface area (Å²) in [5.74, 6) is 0. The first kappa shape index (κ1) is 15.3. The second-order valence-electron chi connectivity index (χ2n) is 4.85. The van der Waals surface area contributed by atoms with Crippen LogP contribution in [0.3, 0.4) is 0 Å². The Balaban J connectivity index is 1.93. The van der Waals surface area contributed by atoms with Gasteiger partial charge < -0.3 is 10.6 Å². The van der Waals surface area contributed by atoms with Crippen LogP contribution in [0.25, 0.3) is 0 Å². The number of sulfonamides is 1. The second kappa shape index (κ2) is 6.13. The number of hydrogen-bond donors (Lipinski definition) is 2. The van der Waals surface area contributed by atoms with Gasteiger partial charge in [-0.05, 0) is 32.0 Å². The lowest BCUT2D eigenvalue weighted by atomic mass is 10.3. The van der Waals surface area contributed by atoms with E-state index in [-0.39, 0.29) is 9.88 Å². The number of nitrogens with one attached hydrogen (secondary N) is 1. The molecule has 0 unspecified atom stereocenters. The Hall–Kier alpha value is -1.09. The third-order valence-electron chi connectivity index (χ3n) is 3.23. The Morgan fingerprint density at radius 3 is 2.75 bits per heavy atom. The van der Waals surface area contributed by atoms with Gasteiger partial charge in [0.2, 0.25) is 10.0 Å². The summed E-state index contributed by atoms with van der Waals surface area (Å²) in [5.41, 5.74) is 5.83. The molecule has 0 amide bonds. The minimum Gasteiger partial charge on any atom is -0.388 e. The molecule has 0 spiro atoms. The molecule has 1 fully saturated rings. The van der Waals surface area contributed by atoms with Crippen LogP contribution < -0.4 is 10.5 Å². The Bertz CT molecular complexity index is 582. The Labute approximate surface area is 124 Å². The number of pyridine rings is 1. The lowest BCUT2D eigenvalue weighted by molar-refractivity contribution is 0.329. The molecule has 110 valence electrons. The van der Waals surface area contributed by atoms with Crippen molar-refractivity contribution in [1.29, 1.82) is 0 Å². The van der Waals surface area contributed by atoms with Crippen LogP contribution in [0.15, 0.2) is 23.2 Å². The minimum absolute atomic E-state index is 0.117. The predicted molar refractivity (Wildman–Crippen MR) is 81.0 cm³/mol. The average molecular weight is 314 g/mol. The lowest BCUT2D eigenvalue weighted by Gasteiger charge is -2.15. The van der Waals surface area contributed by atoms with E-state index in [1.165, 1.54) is 31.2 Å². The highest BCUT2D eigenvalue weighted by atomic mass is 32.2. The van der Waals surface area contributed by atoms with Crippen LogP contribution in [-0.2, 0) is 10.0 Å². The van der Waals surface area contributed by atoms with Crippen molar-refractivity contribution in [1.82, 2.24) is 14.6 Å². The van der Waals surface area contributed by atoms with E-state index in [2.05, 4.69) is 14.6 Å². The molecule has 1 heterocycles. The summed E-state index contributed by atoms with van der Waals surface area (Å²) < 4.78 is 26.7. The molecule has 6 nitrogen and oxygen atoms in total. The summed E-state index contributed by atoms with van der Waals surface area (Å²) in [5, 5.41) is 0. The normalized spacial score (nSPS) is 15.5. The molecule has 0 bridgehead atoms. The molecule has 3 N–H and O–H groups in total. The van der Waals surface area contributed by atoms with Crippen LogP contribution in [0.4, 0.5) is 0 Å². The number of thiocarbonyl (C=S) groups is 1. The summed E-state index contributed by atoms with van der Waals surface area (Å²) in [6.45, 7) is 1.08. The van der Waals surface area contributed by atoms with E-state index < -0.39 is 10.0 Å². The summed E-state index contributed by atoms with van der Waals surface area (Å²) in [4.78, 5) is 6.36. The Morgan fingerprint density at radius 2 is 2.25 bits per heavy atom. The molecule has 0 atom stereocenters. The zero-order valence-electron chi connectivity index (χ0n) is 11.2. The van der Waals surface area contributed by atoms with Gasteiger partial charge in [-0.2, -0.15) is 0 Å². The molecule has 1 aliphatic carbocycles. The summed E-state index contributed by atoms with van der Waals surface area (Å²) in [6, 6.07) is 3.58. The first-order chi connectivity index (χ1) is 9.40. The van der Waals surface area contributed by atoms with Crippen molar-refractivity contribution in [2.45, 2.75) is 23.8 Å². The SMILES string of the molecule is CN(CCNS(=O)(=O)c1ccc(C(N)=S)nc1)C1CC1. The molecular weight excluding hydrogens is 296 g/mol. The molecule has 1 saturated carbocycles. The zero-order chi connectivity index (χ0) is 14.8. The van der Waals surface area contributed by atoms with Gasteiger partial charge in [-0.3, -0.25) is 4.98 Å². The Morgan fingerprint density at radius 1 is 1.55 bits per heavy atom. The minimum atomic E-state index is -3.53. The van der Waals surface area contributed by atoms with Gasteiger partial charge in [0.25, 0.3) is 0 Å². The van der Waals surface area contributed by atoms with E-state index in [1.807, 2.05) is 7.05 Å². The van der Waals surface area contributed by atoms with E-state index in [0.717, 1.165) is 0 Å². The van der Waals surface area contributed by atoms with Gasteiger partial charge in [-0.1, -0.05) is 12.2 Å². The predicted octanol–water partition coefficient (Wildman–Crippen LogP) is 0.0883. The third kappa shape index (κ3) is 3.95. The first-order valence-corrected chi connectivity index (χ1v) is 8.25. The van der Waals surface area contributed by atoms with E-state index >= 15 is 0 Å². The number of nitrogens with two attached hydrogens (primary N) is 1. The van der Waals surface area contributed by atoms with Gasteiger partial charge in [-0.25, -0.2) is 13.1 Å². The number of rotatable bonds is 7. The van der Waals surface area contributed by atoms with Crippen LogP contribution in [0.2, 0.25) is 0 Å². The van der Waals surface area contributed by atoms with Crippen molar-refractivity contribution in [3.63, 3.8) is 0 Å². The summed E-state index contributed by atoms with van der Waals surface area (Å²) in [7, 11) is -1.52.